The van der Waals surface area contributed by atoms with Crippen LogP contribution in [0.4, 0.5) is 4.79 Å². The number of carbonyl (C=O) groups is 2. The lowest BCUT2D eigenvalue weighted by atomic mass is 9.88. The summed E-state index contributed by atoms with van der Waals surface area (Å²) in [5, 5.41) is 13.8. The molecule has 0 saturated carbocycles. The van der Waals surface area contributed by atoms with Gasteiger partial charge in [-0.15, -0.1) is 23.1 Å². The minimum Gasteiger partial charge on any atom is -0.488 e. The summed E-state index contributed by atoms with van der Waals surface area (Å²) >= 11 is 3.34. The Morgan fingerprint density at radius 1 is 1.09 bits per heavy atom. The number of rotatable bonds is 10. The number of benzene rings is 2. The van der Waals surface area contributed by atoms with Crippen molar-refractivity contribution in [2.24, 2.45) is 5.41 Å². The quantitative estimate of drug-likeness (QED) is 0.161. The molecule has 1 fully saturated rings. The van der Waals surface area contributed by atoms with Crippen molar-refractivity contribution >= 4 is 46.1 Å². The summed E-state index contributed by atoms with van der Waals surface area (Å²) in [5.74, 6) is -0.128. The Labute approximate surface area is 286 Å². The van der Waals surface area contributed by atoms with Gasteiger partial charge in [-0.25, -0.2) is 9.78 Å². The number of nitrogens with one attached hydrogen (secondary N) is 1. The van der Waals surface area contributed by atoms with Crippen LogP contribution in [0.1, 0.15) is 79.5 Å². The smallest absolute Gasteiger partial charge is 0.410 e. The van der Waals surface area contributed by atoms with Crippen molar-refractivity contribution in [3.05, 3.63) is 65.3 Å². The number of hydrogen-bond donors (Lipinski definition) is 2. The van der Waals surface area contributed by atoms with Crippen LogP contribution in [0.5, 0.6) is 5.75 Å². The van der Waals surface area contributed by atoms with Gasteiger partial charge in [0, 0.05) is 62.8 Å². The first-order valence-corrected chi connectivity index (χ1v) is 17.9. The predicted molar refractivity (Wildman–Crippen MR) is 191 cm³/mol. The minimum atomic E-state index is -0.929. The van der Waals surface area contributed by atoms with Crippen LogP contribution < -0.4 is 4.74 Å². The van der Waals surface area contributed by atoms with E-state index in [1.807, 2.05) is 49.4 Å². The van der Waals surface area contributed by atoms with Crippen molar-refractivity contribution in [2.75, 3.05) is 6.54 Å². The molecule has 0 spiro atoms. The third kappa shape index (κ3) is 8.70. The Bertz CT molecular complexity index is 1700. The molecule has 47 heavy (non-hydrogen) atoms. The monoisotopic (exact) mass is 677 g/mol. The maximum atomic E-state index is 13.4. The molecule has 2 atom stereocenters. The van der Waals surface area contributed by atoms with Gasteiger partial charge in [-0.2, -0.15) is 0 Å². The molecule has 1 saturated heterocycles. The molecule has 0 bridgehead atoms. The van der Waals surface area contributed by atoms with Crippen LogP contribution in [-0.2, 0) is 22.4 Å². The molecule has 5 rings (SSSR count). The Kier molecular flexibility index (Phi) is 10.0. The number of amides is 1. The topological polar surface area (TPSA) is 105 Å². The number of thiazole rings is 1. The molecule has 1 unspecified atom stereocenters. The van der Waals surface area contributed by atoms with Crippen molar-refractivity contribution in [3.8, 4) is 16.3 Å². The number of aliphatic carboxylic acids is 1. The number of carbonyl (C=O) groups excluding carboxylic acids is 1. The zero-order valence-corrected chi connectivity index (χ0v) is 30.3. The van der Waals surface area contributed by atoms with Crippen LogP contribution in [0.3, 0.4) is 0 Å². The number of aromatic amines is 1. The molecule has 3 heterocycles. The van der Waals surface area contributed by atoms with E-state index in [1.54, 1.807) is 36.9 Å². The van der Waals surface area contributed by atoms with Gasteiger partial charge in [0.15, 0.2) is 0 Å². The van der Waals surface area contributed by atoms with Crippen molar-refractivity contribution in [2.45, 2.75) is 108 Å². The third-order valence-electron chi connectivity index (χ3n) is 8.12. The average molecular weight is 678 g/mol. The first-order valence-electron chi connectivity index (χ1n) is 16.2. The molecule has 1 aliphatic rings. The maximum Gasteiger partial charge on any atom is 0.410 e. The second-order valence-electron chi connectivity index (χ2n) is 15.0. The summed E-state index contributed by atoms with van der Waals surface area (Å²) in [4.78, 5) is 36.2. The number of fused-ring (bicyclic) bond motifs is 1. The van der Waals surface area contributed by atoms with Gasteiger partial charge in [-0.05, 0) is 71.2 Å². The highest BCUT2D eigenvalue weighted by Crippen LogP contribution is 2.42. The molecule has 2 aromatic carbocycles. The lowest BCUT2D eigenvalue weighted by molar-refractivity contribution is -0.146. The molecular weight excluding hydrogens is 631 g/mol. The van der Waals surface area contributed by atoms with E-state index in [0.717, 1.165) is 50.5 Å². The van der Waals surface area contributed by atoms with E-state index in [0.29, 0.717) is 25.1 Å². The van der Waals surface area contributed by atoms with Gasteiger partial charge in [0.25, 0.3) is 0 Å². The van der Waals surface area contributed by atoms with E-state index in [4.69, 9.17) is 9.47 Å². The van der Waals surface area contributed by atoms with Crippen LogP contribution >= 0.6 is 23.1 Å². The fourth-order valence-electron chi connectivity index (χ4n) is 5.88. The van der Waals surface area contributed by atoms with Crippen molar-refractivity contribution < 1.29 is 24.2 Å². The summed E-state index contributed by atoms with van der Waals surface area (Å²) in [5.41, 5.74) is 2.50. The van der Waals surface area contributed by atoms with Gasteiger partial charge in [-0.3, -0.25) is 4.79 Å². The number of H-pyrrole nitrogens is 1. The van der Waals surface area contributed by atoms with Gasteiger partial charge in [0.1, 0.15) is 22.5 Å². The minimum absolute atomic E-state index is 0.0980. The third-order valence-corrected chi connectivity index (χ3v) is 10.2. The van der Waals surface area contributed by atoms with E-state index >= 15 is 0 Å². The number of thioether (sulfide) groups is 1. The molecule has 0 aliphatic carbocycles. The Hall–Kier alpha value is -3.50. The largest absolute Gasteiger partial charge is 0.488 e. The van der Waals surface area contributed by atoms with E-state index in [-0.39, 0.29) is 23.0 Å². The van der Waals surface area contributed by atoms with E-state index in [2.05, 4.69) is 61.1 Å². The van der Waals surface area contributed by atoms with Gasteiger partial charge in [0.2, 0.25) is 0 Å². The highest BCUT2D eigenvalue weighted by Gasteiger charge is 2.39. The predicted octanol–water partition coefficient (Wildman–Crippen LogP) is 9.22. The normalized spacial score (nSPS) is 16.4. The van der Waals surface area contributed by atoms with Gasteiger partial charge >= 0.3 is 12.1 Å². The highest BCUT2D eigenvalue weighted by atomic mass is 32.2. The lowest BCUT2D eigenvalue weighted by Crippen LogP contribution is -2.47. The molecule has 10 heteroatoms. The molecule has 4 aromatic rings. The second kappa shape index (κ2) is 13.5. The van der Waals surface area contributed by atoms with Crippen LogP contribution in [0.15, 0.2) is 58.9 Å². The van der Waals surface area contributed by atoms with Gasteiger partial charge < -0.3 is 24.5 Å². The standard InChI is InChI=1S/C37H47N3O5S2/c1-35(2,3)45-34(43)40-18-9-10-29(40)30(20-23-11-13-24(14-12-23)32-38-17-19-46-32)44-25-15-16-27-26(21-25)31(47-36(4,5)6)28(39-27)22-37(7,8)33(41)42/h11-17,19,21,29-30,39H,9-10,18,20,22H2,1-8H3,(H,41,42)/t29-,30?/m0/s1. The van der Waals surface area contributed by atoms with E-state index < -0.39 is 17.0 Å². The van der Waals surface area contributed by atoms with Crippen LogP contribution in [0.2, 0.25) is 0 Å². The number of aromatic nitrogens is 2. The first kappa shape index (κ1) is 34.8. The fraction of sp³-hybridized carbons (Fsp3) is 0.486. The van der Waals surface area contributed by atoms with Crippen LogP contribution in [-0.4, -0.2) is 61.1 Å². The van der Waals surface area contributed by atoms with E-state index in [9.17, 15) is 14.7 Å². The fourth-order valence-corrected chi connectivity index (χ4v) is 7.66. The zero-order valence-electron chi connectivity index (χ0n) is 28.7. The van der Waals surface area contributed by atoms with E-state index in [1.165, 1.54) is 0 Å². The number of carboxylic acids is 1. The zero-order chi connectivity index (χ0) is 34.1. The number of likely N-dealkylation sites (tertiary alicyclic amines) is 1. The maximum absolute atomic E-state index is 13.4. The number of hydrogen-bond acceptors (Lipinski definition) is 7. The van der Waals surface area contributed by atoms with Crippen molar-refractivity contribution in [1.29, 1.82) is 0 Å². The van der Waals surface area contributed by atoms with Crippen LogP contribution in [0.25, 0.3) is 21.5 Å². The number of ether oxygens (including phenoxy) is 2. The molecule has 2 N–H and O–H groups in total. The summed E-state index contributed by atoms with van der Waals surface area (Å²) in [6, 6.07) is 14.3. The SMILES string of the molecule is CC(C)(C)OC(=O)N1CCC[C@H]1C(Cc1ccc(-c2nccs2)cc1)Oc1ccc2[nH]c(CC(C)(C)C(=O)O)c(SC(C)(C)C)c2c1. The lowest BCUT2D eigenvalue weighted by Gasteiger charge is -2.33. The molecule has 2 aromatic heterocycles. The average Bonchev–Trinajstić information content (AvgIpc) is 3.73. The molecule has 1 amide bonds. The summed E-state index contributed by atoms with van der Waals surface area (Å²) in [7, 11) is 0. The second-order valence-corrected chi connectivity index (χ2v) is 17.7. The molecule has 8 nitrogen and oxygen atoms in total. The molecule has 1 aliphatic heterocycles. The molecule has 0 radical (unpaired) electrons. The van der Waals surface area contributed by atoms with Crippen LogP contribution in [0, 0.1) is 5.41 Å². The summed E-state index contributed by atoms with van der Waals surface area (Å²) < 4.78 is 12.6. The van der Waals surface area contributed by atoms with Crippen molar-refractivity contribution in [3.63, 3.8) is 0 Å². The highest BCUT2D eigenvalue weighted by molar-refractivity contribution is 8.00. The van der Waals surface area contributed by atoms with Gasteiger partial charge in [-0.1, -0.05) is 45.0 Å². The molecular formula is C37H47N3O5S2. The molecule has 252 valence electrons. The first-order chi connectivity index (χ1) is 22.0. The Morgan fingerprint density at radius 3 is 2.43 bits per heavy atom. The summed E-state index contributed by atoms with van der Waals surface area (Å²) in [6.07, 6.45) is 3.84. The Morgan fingerprint density at radius 2 is 1.81 bits per heavy atom. The number of nitrogens with zero attached hydrogens (tertiary/aromatic N) is 2. The summed E-state index contributed by atoms with van der Waals surface area (Å²) in [6.45, 7) is 16.3. The Balaban J connectivity index is 1.50. The van der Waals surface area contributed by atoms with Crippen molar-refractivity contribution in [1.82, 2.24) is 14.9 Å². The number of carboxylic acid groups (broad SMARTS) is 1. The van der Waals surface area contributed by atoms with Gasteiger partial charge in [0.05, 0.1) is 11.5 Å².